The van der Waals surface area contributed by atoms with Crippen LogP contribution in [0.2, 0.25) is 0 Å². The minimum Gasteiger partial charge on any atom is -0.458 e. The van der Waals surface area contributed by atoms with Gasteiger partial charge in [-0.1, -0.05) is 18.2 Å². The van der Waals surface area contributed by atoms with Gasteiger partial charge in [-0.2, -0.15) is 4.39 Å². The normalized spacial score (nSPS) is 27.8. The largest absolute Gasteiger partial charge is 0.458 e. The lowest BCUT2D eigenvalue weighted by Gasteiger charge is -2.00. The molecule has 0 N–H and O–H groups in total. The summed E-state index contributed by atoms with van der Waals surface area (Å²) in [5, 5.41) is -0.647. The summed E-state index contributed by atoms with van der Waals surface area (Å²) in [4.78, 5) is 0. The Labute approximate surface area is 68.7 Å². The molecule has 11 heavy (non-hydrogen) atoms. The van der Waals surface area contributed by atoms with Crippen LogP contribution in [0.4, 0.5) is 4.39 Å². The second-order valence-corrected chi connectivity index (χ2v) is 2.88. The van der Waals surface area contributed by atoms with E-state index in [1.165, 1.54) is 0 Å². The molecule has 1 aliphatic heterocycles. The lowest BCUT2D eigenvalue weighted by atomic mass is 10.2. The monoisotopic (exact) mass is 172 g/mol. The summed E-state index contributed by atoms with van der Waals surface area (Å²) >= 11 is 5.69. The van der Waals surface area contributed by atoms with Gasteiger partial charge >= 0.3 is 0 Å². The first-order valence-corrected chi connectivity index (χ1v) is 3.76. The van der Waals surface area contributed by atoms with E-state index in [0.29, 0.717) is 5.75 Å². The first-order valence-electron chi connectivity index (χ1n) is 3.33. The van der Waals surface area contributed by atoms with Gasteiger partial charge in [0.1, 0.15) is 11.1 Å². The smallest absolute Gasteiger partial charge is 0.258 e. The number of fused-ring (bicyclic) bond motifs is 1. The van der Waals surface area contributed by atoms with Crippen molar-refractivity contribution in [2.45, 2.75) is 11.7 Å². The maximum atomic E-state index is 12.8. The number of ether oxygens (including phenoxy) is 1. The molecule has 0 fully saturated rings. The van der Waals surface area contributed by atoms with Crippen molar-refractivity contribution in [2.24, 2.45) is 0 Å². The average Bonchev–Trinajstić information content (AvgIpc) is 2.30. The summed E-state index contributed by atoms with van der Waals surface area (Å²) in [5.74, 6) is 0.556. The molecule has 0 bridgehead atoms. The standard InChI is InChI=1S/C8H6ClFO/c9-7-5-3-1-2-4-6(5)11-8(7)10/h1-4,7-8H/t7-,8+/m0/s1. The number of alkyl halides is 2. The third kappa shape index (κ3) is 0.979. The van der Waals surface area contributed by atoms with Crippen molar-refractivity contribution in [3.05, 3.63) is 29.8 Å². The van der Waals surface area contributed by atoms with Gasteiger partial charge < -0.3 is 4.74 Å². The van der Waals surface area contributed by atoms with Crippen molar-refractivity contribution in [3.63, 3.8) is 0 Å². The van der Waals surface area contributed by atoms with E-state index in [9.17, 15) is 4.39 Å². The summed E-state index contributed by atoms with van der Waals surface area (Å²) in [6.07, 6.45) is -1.39. The van der Waals surface area contributed by atoms with E-state index >= 15 is 0 Å². The second-order valence-electron chi connectivity index (χ2n) is 2.41. The summed E-state index contributed by atoms with van der Waals surface area (Å²) in [7, 11) is 0. The molecule has 1 aromatic carbocycles. The van der Waals surface area contributed by atoms with Crippen LogP contribution in [0.25, 0.3) is 0 Å². The summed E-state index contributed by atoms with van der Waals surface area (Å²) in [5.41, 5.74) is 0.738. The van der Waals surface area contributed by atoms with Crippen LogP contribution in [0.3, 0.4) is 0 Å². The van der Waals surface area contributed by atoms with Gasteiger partial charge in [-0.05, 0) is 6.07 Å². The molecule has 58 valence electrons. The Morgan fingerprint density at radius 1 is 1.36 bits per heavy atom. The Balaban J connectivity index is 2.47. The van der Waals surface area contributed by atoms with Crippen LogP contribution < -0.4 is 4.74 Å². The van der Waals surface area contributed by atoms with Crippen LogP contribution in [-0.4, -0.2) is 6.36 Å². The molecular weight excluding hydrogens is 167 g/mol. The molecule has 0 saturated carbocycles. The maximum absolute atomic E-state index is 12.8. The zero-order chi connectivity index (χ0) is 7.84. The van der Waals surface area contributed by atoms with E-state index in [4.69, 9.17) is 16.3 Å². The Bertz CT molecular complexity index is 277. The average molecular weight is 173 g/mol. The molecule has 1 heterocycles. The molecule has 0 amide bonds. The van der Waals surface area contributed by atoms with Crippen molar-refractivity contribution in [1.29, 1.82) is 0 Å². The predicted molar refractivity (Wildman–Crippen MR) is 40.6 cm³/mol. The fraction of sp³-hybridized carbons (Fsp3) is 0.250. The summed E-state index contributed by atoms with van der Waals surface area (Å²) in [6, 6.07) is 7.09. The maximum Gasteiger partial charge on any atom is 0.258 e. The highest BCUT2D eigenvalue weighted by atomic mass is 35.5. The summed E-state index contributed by atoms with van der Waals surface area (Å²) < 4.78 is 17.6. The molecule has 2 rings (SSSR count). The van der Waals surface area contributed by atoms with Gasteiger partial charge in [0.05, 0.1) is 0 Å². The minimum absolute atomic E-state index is 0.556. The van der Waals surface area contributed by atoms with Gasteiger partial charge in [-0.3, -0.25) is 0 Å². The summed E-state index contributed by atoms with van der Waals surface area (Å²) in [6.45, 7) is 0. The second kappa shape index (κ2) is 2.38. The Morgan fingerprint density at radius 2 is 2.09 bits per heavy atom. The third-order valence-electron chi connectivity index (χ3n) is 1.69. The molecule has 0 aliphatic carbocycles. The van der Waals surface area contributed by atoms with Gasteiger partial charge in [-0.25, -0.2) is 0 Å². The first-order chi connectivity index (χ1) is 5.29. The van der Waals surface area contributed by atoms with Gasteiger partial charge in [0.25, 0.3) is 6.36 Å². The Kier molecular flexibility index (Phi) is 1.50. The van der Waals surface area contributed by atoms with E-state index in [1.807, 2.05) is 6.07 Å². The highest BCUT2D eigenvalue weighted by Gasteiger charge is 2.31. The fourth-order valence-electron chi connectivity index (χ4n) is 1.14. The number of halogens is 2. The van der Waals surface area contributed by atoms with Gasteiger partial charge in [0.2, 0.25) is 0 Å². The minimum atomic E-state index is -1.39. The van der Waals surface area contributed by atoms with Crippen molar-refractivity contribution < 1.29 is 9.13 Å². The zero-order valence-electron chi connectivity index (χ0n) is 5.63. The lowest BCUT2D eigenvalue weighted by Crippen LogP contribution is -2.06. The molecule has 0 radical (unpaired) electrons. The van der Waals surface area contributed by atoms with E-state index in [1.54, 1.807) is 18.2 Å². The molecule has 1 aromatic rings. The fourth-order valence-corrected chi connectivity index (χ4v) is 1.37. The molecular formula is C8H6ClFO. The number of rotatable bonds is 0. The Morgan fingerprint density at radius 3 is 2.82 bits per heavy atom. The molecule has 1 nitrogen and oxygen atoms in total. The first kappa shape index (κ1) is 6.92. The molecule has 2 atom stereocenters. The molecule has 0 aromatic heterocycles. The SMILES string of the molecule is F[C@@H]1Oc2ccccc2[C@@H]1Cl. The van der Waals surface area contributed by atoms with Crippen LogP contribution in [0.15, 0.2) is 24.3 Å². The van der Waals surface area contributed by atoms with E-state index in [-0.39, 0.29) is 0 Å². The predicted octanol–water partition coefficient (Wildman–Crippen LogP) is 2.65. The topological polar surface area (TPSA) is 9.23 Å². The Hall–Kier alpha value is -0.760. The molecule has 0 unspecified atom stereocenters. The van der Waals surface area contributed by atoms with Crippen molar-refractivity contribution >= 4 is 11.6 Å². The van der Waals surface area contributed by atoms with E-state index < -0.39 is 11.7 Å². The highest BCUT2D eigenvalue weighted by Crippen LogP contribution is 2.40. The van der Waals surface area contributed by atoms with Crippen molar-refractivity contribution in [3.8, 4) is 5.75 Å². The molecule has 1 aliphatic rings. The molecule has 0 spiro atoms. The third-order valence-corrected chi connectivity index (χ3v) is 2.12. The van der Waals surface area contributed by atoms with Crippen LogP contribution in [0.1, 0.15) is 10.9 Å². The van der Waals surface area contributed by atoms with E-state index in [2.05, 4.69) is 0 Å². The number of hydrogen-bond donors (Lipinski definition) is 0. The van der Waals surface area contributed by atoms with E-state index in [0.717, 1.165) is 5.56 Å². The lowest BCUT2D eigenvalue weighted by molar-refractivity contribution is 0.0869. The van der Waals surface area contributed by atoms with Crippen LogP contribution in [0, 0.1) is 0 Å². The number of hydrogen-bond acceptors (Lipinski definition) is 1. The highest BCUT2D eigenvalue weighted by molar-refractivity contribution is 6.21. The molecule has 0 saturated heterocycles. The quantitative estimate of drug-likeness (QED) is 0.547. The van der Waals surface area contributed by atoms with Gasteiger partial charge in [0, 0.05) is 5.56 Å². The van der Waals surface area contributed by atoms with Crippen LogP contribution >= 0.6 is 11.6 Å². The van der Waals surface area contributed by atoms with Crippen LogP contribution in [0.5, 0.6) is 5.75 Å². The van der Waals surface area contributed by atoms with Gasteiger partial charge in [0.15, 0.2) is 0 Å². The molecule has 3 heteroatoms. The zero-order valence-corrected chi connectivity index (χ0v) is 6.38. The van der Waals surface area contributed by atoms with Crippen LogP contribution in [-0.2, 0) is 0 Å². The number of benzene rings is 1. The van der Waals surface area contributed by atoms with Crippen molar-refractivity contribution in [1.82, 2.24) is 0 Å². The van der Waals surface area contributed by atoms with Gasteiger partial charge in [-0.15, -0.1) is 11.6 Å². The van der Waals surface area contributed by atoms with Crippen molar-refractivity contribution in [2.75, 3.05) is 0 Å². The number of para-hydroxylation sites is 1.